The van der Waals surface area contributed by atoms with E-state index in [4.69, 9.17) is 4.52 Å². The highest BCUT2D eigenvalue weighted by atomic mass is 16.5. The molecular weight excluding hydrogens is 344 g/mol. The first-order chi connectivity index (χ1) is 12.7. The van der Waals surface area contributed by atoms with Crippen LogP contribution in [0.4, 0.5) is 5.69 Å². The number of hydrogen-bond acceptors (Lipinski definition) is 5. The van der Waals surface area contributed by atoms with Gasteiger partial charge in [0.1, 0.15) is 0 Å². The van der Waals surface area contributed by atoms with E-state index in [2.05, 4.69) is 41.4 Å². The summed E-state index contributed by atoms with van der Waals surface area (Å²) in [6.07, 6.45) is 0.327. The molecule has 2 aromatic rings. The maximum atomic E-state index is 12.6. The Morgan fingerprint density at radius 1 is 1.37 bits per heavy atom. The zero-order valence-corrected chi connectivity index (χ0v) is 16.4. The molecule has 0 bridgehead atoms. The van der Waals surface area contributed by atoms with Crippen LogP contribution in [0.1, 0.15) is 70.2 Å². The van der Waals surface area contributed by atoms with Crippen LogP contribution in [0.25, 0.3) is 0 Å². The van der Waals surface area contributed by atoms with Crippen molar-refractivity contribution in [2.75, 3.05) is 11.4 Å². The monoisotopic (exact) mass is 370 g/mol. The number of rotatable bonds is 5. The Morgan fingerprint density at radius 3 is 2.78 bits per heavy atom. The highest BCUT2D eigenvalue weighted by Crippen LogP contribution is 2.33. The van der Waals surface area contributed by atoms with Gasteiger partial charge in [-0.15, -0.1) is 0 Å². The fourth-order valence-corrected chi connectivity index (χ4v) is 3.33. The standard InChI is InChI=1S/C20H26N4O3/c1-12(2)14-7-6-8-16(9-14)24-11-15(10-17(24)26)18-21-19(23-27-18)20(4,5)22-13(3)25/h6-9,12,15H,10-11H2,1-5H3,(H,22,25)/t15-/m1/s1. The number of anilines is 1. The van der Waals surface area contributed by atoms with Crippen LogP contribution in [0.3, 0.4) is 0 Å². The summed E-state index contributed by atoms with van der Waals surface area (Å²) in [4.78, 5) is 30.2. The van der Waals surface area contributed by atoms with Gasteiger partial charge in [0.2, 0.25) is 17.7 Å². The van der Waals surface area contributed by atoms with Gasteiger partial charge in [0.05, 0.1) is 11.5 Å². The first kappa shape index (κ1) is 19.1. The van der Waals surface area contributed by atoms with Crippen molar-refractivity contribution < 1.29 is 14.1 Å². The molecule has 1 fully saturated rings. The third-order valence-electron chi connectivity index (χ3n) is 4.81. The molecule has 0 unspecified atom stereocenters. The molecular formula is C20H26N4O3. The Labute approximate surface area is 159 Å². The maximum absolute atomic E-state index is 12.6. The fraction of sp³-hybridized carbons (Fsp3) is 0.500. The number of hydrogen-bond donors (Lipinski definition) is 1. The molecule has 2 heterocycles. The van der Waals surface area contributed by atoms with Crippen molar-refractivity contribution in [3.8, 4) is 0 Å². The number of nitrogens with one attached hydrogen (secondary N) is 1. The minimum absolute atomic E-state index is 0.0433. The molecule has 1 saturated heterocycles. The highest BCUT2D eigenvalue weighted by Gasteiger charge is 2.37. The van der Waals surface area contributed by atoms with Gasteiger partial charge in [-0.25, -0.2) is 0 Å². The topological polar surface area (TPSA) is 88.3 Å². The van der Waals surface area contributed by atoms with Crippen LogP contribution in [0.15, 0.2) is 28.8 Å². The highest BCUT2D eigenvalue weighted by molar-refractivity contribution is 5.96. The molecule has 27 heavy (non-hydrogen) atoms. The summed E-state index contributed by atoms with van der Waals surface area (Å²) in [6, 6.07) is 8.06. The predicted octanol–water partition coefficient (Wildman–Crippen LogP) is 3.08. The average Bonchev–Trinajstić information content (AvgIpc) is 3.21. The molecule has 2 amide bonds. The second-order valence-corrected chi connectivity index (χ2v) is 7.92. The van der Waals surface area contributed by atoms with E-state index < -0.39 is 5.54 Å². The molecule has 0 aliphatic carbocycles. The van der Waals surface area contributed by atoms with Crippen molar-refractivity contribution in [2.45, 2.75) is 58.4 Å². The molecule has 1 aliphatic rings. The number of aromatic nitrogens is 2. The number of nitrogens with zero attached hydrogens (tertiary/aromatic N) is 3. The minimum atomic E-state index is -0.735. The Morgan fingerprint density at radius 2 is 2.11 bits per heavy atom. The van der Waals surface area contributed by atoms with E-state index in [0.717, 1.165) is 5.69 Å². The van der Waals surface area contributed by atoms with Gasteiger partial charge in [-0.05, 0) is 37.5 Å². The molecule has 1 N–H and O–H groups in total. The molecule has 1 aromatic heterocycles. The molecule has 1 atom stereocenters. The average molecular weight is 370 g/mol. The van der Waals surface area contributed by atoms with Crippen LogP contribution in [-0.2, 0) is 15.1 Å². The number of benzene rings is 1. The summed E-state index contributed by atoms with van der Waals surface area (Å²) in [6.45, 7) is 9.83. The van der Waals surface area contributed by atoms with Gasteiger partial charge in [-0.2, -0.15) is 4.98 Å². The lowest BCUT2D eigenvalue weighted by Gasteiger charge is -2.21. The number of carbonyl (C=O) groups is 2. The van der Waals surface area contributed by atoms with Gasteiger partial charge in [0.15, 0.2) is 5.82 Å². The first-order valence-corrected chi connectivity index (χ1v) is 9.20. The van der Waals surface area contributed by atoms with Crippen molar-refractivity contribution in [1.82, 2.24) is 15.5 Å². The second-order valence-electron chi connectivity index (χ2n) is 7.92. The van der Waals surface area contributed by atoms with E-state index in [9.17, 15) is 9.59 Å². The van der Waals surface area contributed by atoms with Gasteiger partial charge >= 0.3 is 0 Å². The lowest BCUT2D eigenvalue weighted by molar-refractivity contribution is -0.120. The van der Waals surface area contributed by atoms with Gasteiger partial charge < -0.3 is 14.7 Å². The zero-order valence-electron chi connectivity index (χ0n) is 16.4. The molecule has 144 valence electrons. The normalized spacial score (nSPS) is 17.6. The van der Waals surface area contributed by atoms with Gasteiger partial charge in [-0.1, -0.05) is 31.1 Å². The number of amides is 2. The largest absolute Gasteiger partial charge is 0.344 e. The fourth-order valence-electron chi connectivity index (χ4n) is 3.33. The van der Waals surface area contributed by atoms with Gasteiger partial charge in [0, 0.05) is 25.6 Å². The maximum Gasteiger partial charge on any atom is 0.232 e. The van der Waals surface area contributed by atoms with Crippen molar-refractivity contribution >= 4 is 17.5 Å². The minimum Gasteiger partial charge on any atom is -0.344 e. The molecule has 0 radical (unpaired) electrons. The Hall–Kier alpha value is -2.70. The summed E-state index contributed by atoms with van der Waals surface area (Å²) in [7, 11) is 0. The van der Waals surface area contributed by atoms with E-state index in [1.807, 2.05) is 26.0 Å². The zero-order chi connectivity index (χ0) is 19.8. The van der Waals surface area contributed by atoms with Gasteiger partial charge in [-0.3, -0.25) is 9.59 Å². The van der Waals surface area contributed by atoms with Crippen LogP contribution in [0, 0.1) is 0 Å². The molecule has 7 heteroatoms. The smallest absolute Gasteiger partial charge is 0.232 e. The SMILES string of the molecule is CC(=O)NC(C)(C)c1noc([C@@H]2CC(=O)N(c3cccc(C(C)C)c3)C2)n1. The summed E-state index contributed by atoms with van der Waals surface area (Å²) in [5, 5.41) is 6.81. The Kier molecular flexibility index (Phi) is 5.04. The van der Waals surface area contributed by atoms with E-state index in [-0.39, 0.29) is 17.7 Å². The van der Waals surface area contributed by atoms with E-state index in [0.29, 0.717) is 30.6 Å². The Bertz CT molecular complexity index is 856. The van der Waals surface area contributed by atoms with Crippen molar-refractivity contribution in [3.63, 3.8) is 0 Å². The van der Waals surface area contributed by atoms with E-state index in [1.54, 1.807) is 4.90 Å². The lowest BCUT2D eigenvalue weighted by Crippen LogP contribution is -2.40. The van der Waals surface area contributed by atoms with E-state index in [1.165, 1.54) is 12.5 Å². The Balaban J connectivity index is 1.78. The quantitative estimate of drug-likeness (QED) is 0.874. The molecule has 7 nitrogen and oxygen atoms in total. The molecule has 1 aromatic carbocycles. The van der Waals surface area contributed by atoms with Crippen LogP contribution in [0.2, 0.25) is 0 Å². The van der Waals surface area contributed by atoms with Crippen LogP contribution in [-0.4, -0.2) is 28.5 Å². The third kappa shape index (κ3) is 4.02. The third-order valence-corrected chi connectivity index (χ3v) is 4.81. The molecule has 3 rings (SSSR count). The van der Waals surface area contributed by atoms with Crippen LogP contribution < -0.4 is 10.2 Å². The van der Waals surface area contributed by atoms with Crippen LogP contribution >= 0.6 is 0 Å². The summed E-state index contributed by atoms with van der Waals surface area (Å²) in [5.74, 6) is 0.947. The van der Waals surface area contributed by atoms with Gasteiger partial charge in [0.25, 0.3) is 0 Å². The summed E-state index contributed by atoms with van der Waals surface area (Å²) >= 11 is 0. The lowest BCUT2D eigenvalue weighted by atomic mass is 10.0. The number of carbonyl (C=O) groups excluding carboxylic acids is 2. The van der Waals surface area contributed by atoms with E-state index >= 15 is 0 Å². The first-order valence-electron chi connectivity index (χ1n) is 9.20. The summed E-state index contributed by atoms with van der Waals surface area (Å²) < 4.78 is 5.42. The van der Waals surface area contributed by atoms with Crippen LogP contribution in [0.5, 0.6) is 0 Å². The predicted molar refractivity (Wildman–Crippen MR) is 101 cm³/mol. The molecule has 1 aliphatic heterocycles. The van der Waals surface area contributed by atoms with Crippen molar-refractivity contribution in [2.24, 2.45) is 0 Å². The summed E-state index contributed by atoms with van der Waals surface area (Å²) in [5.41, 5.74) is 1.36. The molecule has 0 saturated carbocycles. The van der Waals surface area contributed by atoms with Crippen molar-refractivity contribution in [1.29, 1.82) is 0 Å². The second kappa shape index (κ2) is 7.13. The van der Waals surface area contributed by atoms with Crippen molar-refractivity contribution in [3.05, 3.63) is 41.5 Å². The molecule has 0 spiro atoms.